The molecule has 0 aliphatic heterocycles. The molecular weight excluding hydrogens is 1170 g/mol. The number of rotatable bonds is 8. The maximum Gasteiger partial charge on any atom is 0.0972 e. The molecule has 10 aromatic heterocycles. The summed E-state index contributed by atoms with van der Waals surface area (Å²) in [7, 11) is 0. The molecule has 0 saturated carbocycles. The molecule has 10 heteroatoms. The van der Waals surface area contributed by atoms with Crippen molar-refractivity contribution < 1.29 is 0 Å². The third-order valence-corrected chi connectivity index (χ3v) is 18.2. The van der Waals surface area contributed by atoms with E-state index in [4.69, 9.17) is 24.9 Å². The first-order valence-electron chi connectivity index (χ1n) is 31.9. The highest BCUT2D eigenvalue weighted by molar-refractivity contribution is 6.09. The van der Waals surface area contributed by atoms with Gasteiger partial charge in [-0.25, -0.2) is 24.9 Å². The Labute approximate surface area is 550 Å². The molecule has 0 aliphatic rings. The van der Waals surface area contributed by atoms with Crippen molar-refractivity contribution in [2.24, 2.45) is 0 Å². The van der Waals surface area contributed by atoms with Gasteiger partial charge in [-0.1, -0.05) is 164 Å². The van der Waals surface area contributed by atoms with Gasteiger partial charge in [0.1, 0.15) is 0 Å². The van der Waals surface area contributed by atoms with E-state index in [0.717, 1.165) is 188 Å². The maximum atomic E-state index is 5.16. The van der Waals surface area contributed by atoms with Crippen LogP contribution >= 0.6 is 0 Å². The van der Waals surface area contributed by atoms with Gasteiger partial charge < -0.3 is 0 Å². The van der Waals surface area contributed by atoms with E-state index in [-0.39, 0.29) is 0 Å². The van der Waals surface area contributed by atoms with Crippen LogP contribution in [0.5, 0.6) is 0 Å². The molecule has 0 N–H and O–H groups in total. The zero-order valence-electron chi connectivity index (χ0n) is 51.5. The van der Waals surface area contributed by atoms with Crippen LogP contribution in [0.15, 0.2) is 316 Å². The summed E-state index contributed by atoms with van der Waals surface area (Å²) in [6.45, 7) is 0. The van der Waals surface area contributed by atoms with Gasteiger partial charge in [0, 0.05) is 114 Å². The quantitative estimate of drug-likeness (QED) is 0.136. The molecule has 19 rings (SSSR count). The van der Waals surface area contributed by atoms with Crippen molar-refractivity contribution in [2.75, 3.05) is 0 Å². The third-order valence-electron chi connectivity index (χ3n) is 18.2. The molecule has 0 radical (unpaired) electrons. The summed E-state index contributed by atoms with van der Waals surface area (Å²) in [5, 5.41) is 11.0. The van der Waals surface area contributed by atoms with Crippen LogP contribution in [0, 0.1) is 0 Å². The van der Waals surface area contributed by atoms with E-state index in [9.17, 15) is 0 Å². The fourth-order valence-electron chi connectivity index (χ4n) is 13.3. The van der Waals surface area contributed by atoms with Crippen molar-refractivity contribution in [3.8, 4) is 89.7 Å². The SMILES string of the molecule is c1cncc(-c2ccc3ccc(-c4ccc5nc(-c6ccc(-c7ccc8ccc9cccnc9c8n7)c7ccccc67)ccc5c4)cc3n2)c1.c1cncc(-c2ccc3ccc(-c4ccc5nc(-c6ccc(-c7ccnc8c7ccc7cccnc78)cc6)ccc5c4)cc3n2)c1. The van der Waals surface area contributed by atoms with Gasteiger partial charge in [-0.2, -0.15) is 0 Å². The Morgan fingerprint density at radius 3 is 1.19 bits per heavy atom. The normalized spacial score (nSPS) is 11.5. The molecule has 96 heavy (non-hydrogen) atoms. The van der Waals surface area contributed by atoms with Crippen molar-refractivity contribution >= 4 is 98.0 Å². The molecule has 10 nitrogen and oxygen atoms in total. The van der Waals surface area contributed by atoms with E-state index in [1.54, 1.807) is 12.4 Å². The summed E-state index contributed by atoms with van der Waals surface area (Å²) >= 11 is 0. The van der Waals surface area contributed by atoms with E-state index in [1.807, 2.05) is 73.4 Å². The van der Waals surface area contributed by atoms with Crippen LogP contribution in [0.3, 0.4) is 0 Å². The largest absolute Gasteiger partial charge is 0.264 e. The Morgan fingerprint density at radius 1 is 0.188 bits per heavy atom. The van der Waals surface area contributed by atoms with Crippen LogP contribution in [0.4, 0.5) is 0 Å². The number of aromatic nitrogens is 10. The second-order valence-corrected chi connectivity index (χ2v) is 24.0. The average Bonchev–Trinajstić information content (AvgIpc) is 0.787. The molecule has 0 unspecified atom stereocenters. The standard InChI is InChI=1S/C45H27N5.C41H25N5/c1-2-8-36-35(7-1)37(17-18-38(36)42-21-14-30-11-10-29-5-4-24-47-44(29)45(30)50-42)41-22-16-33-25-31(15-20-39(33)48-41)32-12-9-28-13-19-40(49-43(28)26-32)34-6-3-23-46-27-34;1-4-33(25-42-20-1)38-16-12-28-9-10-31(24-39(28)46-38)30-13-17-37-32(23-30)14-18-36(45-37)27-7-5-26(6-8-27)34-19-22-44-41-35(34)15-11-29-3-2-21-43-40(29)41/h1-27H;1-25H. The molecule has 0 amide bonds. The lowest BCUT2D eigenvalue weighted by atomic mass is 9.95. The van der Waals surface area contributed by atoms with E-state index >= 15 is 0 Å². The van der Waals surface area contributed by atoms with Crippen LogP contribution in [0.25, 0.3) is 188 Å². The fraction of sp³-hybridized carbons (Fsp3) is 0. The number of fused-ring (bicyclic) bond motifs is 11. The van der Waals surface area contributed by atoms with E-state index in [1.165, 1.54) is 0 Å². The number of pyridine rings is 10. The number of hydrogen-bond donors (Lipinski definition) is 0. The minimum atomic E-state index is 0.915. The summed E-state index contributed by atoms with van der Waals surface area (Å²) in [4.78, 5) is 47.6. The molecule has 9 aromatic carbocycles. The highest BCUT2D eigenvalue weighted by Crippen LogP contribution is 2.39. The third kappa shape index (κ3) is 10.3. The predicted octanol–water partition coefficient (Wildman–Crippen LogP) is 21.0. The topological polar surface area (TPSA) is 129 Å². The summed E-state index contributed by atoms with van der Waals surface area (Å²) in [6, 6.07) is 95.0. The lowest BCUT2D eigenvalue weighted by Gasteiger charge is -2.13. The lowest BCUT2D eigenvalue weighted by molar-refractivity contribution is 1.30. The summed E-state index contributed by atoms with van der Waals surface area (Å²) in [6.07, 6.45) is 12.8. The highest BCUT2D eigenvalue weighted by Gasteiger charge is 2.16. The van der Waals surface area contributed by atoms with Crippen molar-refractivity contribution in [1.29, 1.82) is 0 Å². The van der Waals surface area contributed by atoms with Crippen LogP contribution in [0.1, 0.15) is 0 Å². The molecule has 19 aromatic rings. The van der Waals surface area contributed by atoms with Gasteiger partial charge in [-0.05, 0) is 153 Å². The van der Waals surface area contributed by atoms with Crippen LogP contribution in [-0.4, -0.2) is 49.8 Å². The Balaban J connectivity index is 0.000000141. The second kappa shape index (κ2) is 23.5. The van der Waals surface area contributed by atoms with Gasteiger partial charge >= 0.3 is 0 Å². The molecule has 446 valence electrons. The predicted molar refractivity (Wildman–Crippen MR) is 392 cm³/mol. The second-order valence-electron chi connectivity index (χ2n) is 24.0. The monoisotopic (exact) mass is 1220 g/mol. The number of nitrogens with zero attached hydrogens (tertiary/aromatic N) is 10. The molecule has 0 atom stereocenters. The van der Waals surface area contributed by atoms with Gasteiger partial charge in [-0.15, -0.1) is 0 Å². The minimum absolute atomic E-state index is 0.915. The molecule has 0 aliphatic carbocycles. The Hall–Kier alpha value is -13.2. The van der Waals surface area contributed by atoms with Gasteiger partial charge in [0.15, 0.2) is 0 Å². The average molecular weight is 1230 g/mol. The minimum Gasteiger partial charge on any atom is -0.264 e. The van der Waals surface area contributed by atoms with Gasteiger partial charge in [0.05, 0.1) is 72.6 Å². The Kier molecular flexibility index (Phi) is 13.6. The summed E-state index contributed by atoms with van der Waals surface area (Å²) < 4.78 is 0. The van der Waals surface area contributed by atoms with Gasteiger partial charge in [0.2, 0.25) is 0 Å². The van der Waals surface area contributed by atoms with Crippen molar-refractivity contribution in [3.63, 3.8) is 0 Å². The zero-order valence-corrected chi connectivity index (χ0v) is 51.5. The van der Waals surface area contributed by atoms with Crippen LogP contribution in [0.2, 0.25) is 0 Å². The van der Waals surface area contributed by atoms with Crippen LogP contribution < -0.4 is 0 Å². The Bertz CT molecular complexity index is 6280. The first-order valence-corrected chi connectivity index (χ1v) is 31.9. The smallest absolute Gasteiger partial charge is 0.0972 e. The lowest BCUT2D eigenvalue weighted by Crippen LogP contribution is -1.92. The van der Waals surface area contributed by atoms with Crippen molar-refractivity contribution in [1.82, 2.24) is 49.8 Å². The van der Waals surface area contributed by atoms with Gasteiger partial charge in [-0.3, -0.25) is 24.9 Å². The fourth-order valence-corrected chi connectivity index (χ4v) is 13.3. The molecule has 0 spiro atoms. The maximum absolute atomic E-state index is 5.16. The van der Waals surface area contributed by atoms with E-state index < -0.39 is 0 Å². The van der Waals surface area contributed by atoms with Crippen molar-refractivity contribution in [3.05, 3.63) is 316 Å². The van der Waals surface area contributed by atoms with Crippen molar-refractivity contribution in [2.45, 2.75) is 0 Å². The summed E-state index contributed by atoms with van der Waals surface area (Å²) in [5.41, 5.74) is 24.2. The molecule has 0 bridgehead atoms. The number of hydrogen-bond acceptors (Lipinski definition) is 10. The number of benzene rings is 9. The van der Waals surface area contributed by atoms with E-state index in [0.29, 0.717) is 0 Å². The Morgan fingerprint density at radius 2 is 0.604 bits per heavy atom. The first-order chi connectivity index (χ1) is 47.5. The molecular formula is C86H52N10. The zero-order chi connectivity index (χ0) is 63.5. The molecule has 0 fully saturated rings. The van der Waals surface area contributed by atoms with Crippen LogP contribution in [-0.2, 0) is 0 Å². The van der Waals surface area contributed by atoms with Gasteiger partial charge in [0.25, 0.3) is 0 Å². The molecule has 10 heterocycles. The highest BCUT2D eigenvalue weighted by atomic mass is 14.8. The van der Waals surface area contributed by atoms with E-state index in [2.05, 4.69) is 255 Å². The summed E-state index contributed by atoms with van der Waals surface area (Å²) in [5.74, 6) is 0. The molecule has 0 saturated heterocycles. The first kappa shape index (κ1) is 55.6.